The molecule has 0 atom stereocenters. The highest BCUT2D eigenvalue weighted by Crippen LogP contribution is 2.31. The number of hydrogen-bond acceptors (Lipinski definition) is 4. The number of carbonyl (C=O) groups is 2. The molecule has 3 rings (SSSR count). The Bertz CT molecular complexity index is 894. The number of rotatable bonds is 3. The van der Waals surface area contributed by atoms with Crippen LogP contribution in [0.3, 0.4) is 0 Å². The van der Waals surface area contributed by atoms with Crippen molar-refractivity contribution in [2.75, 3.05) is 0 Å². The smallest absolute Gasteiger partial charge is 0.267 e. The van der Waals surface area contributed by atoms with Gasteiger partial charge >= 0.3 is 0 Å². The lowest BCUT2D eigenvalue weighted by atomic mass is 10.1. The zero-order valence-electron chi connectivity index (χ0n) is 13.2. The number of amides is 2. The summed E-state index contributed by atoms with van der Waals surface area (Å²) in [5.41, 5.74) is 4.73. The number of thioether (sulfide) groups is 1. The summed E-state index contributed by atoms with van der Waals surface area (Å²) in [6.07, 6.45) is 1.72. The maximum absolute atomic E-state index is 12.5. The van der Waals surface area contributed by atoms with Gasteiger partial charge in [0.05, 0.1) is 4.91 Å². The molecule has 2 aromatic rings. The molecule has 0 saturated carbocycles. The average Bonchev–Trinajstić information content (AvgIpc) is 2.85. The van der Waals surface area contributed by atoms with Crippen LogP contribution in [0, 0.1) is 6.92 Å². The van der Waals surface area contributed by atoms with Crippen LogP contribution in [-0.4, -0.2) is 21.1 Å². The highest BCUT2D eigenvalue weighted by Gasteiger charge is 2.33. The molecule has 1 aliphatic heterocycles. The molecule has 7 heteroatoms. The fraction of sp³-hybridized carbons (Fsp3) is 0.0556. The maximum atomic E-state index is 12.5. The van der Waals surface area contributed by atoms with Gasteiger partial charge in [0.2, 0.25) is 0 Å². The Morgan fingerprint density at radius 3 is 2.56 bits per heavy atom. The number of hydrazine groups is 1. The molecule has 2 amide bonds. The van der Waals surface area contributed by atoms with Crippen molar-refractivity contribution in [3.63, 3.8) is 0 Å². The Morgan fingerprint density at radius 1 is 1.20 bits per heavy atom. The molecule has 2 aromatic carbocycles. The second kappa shape index (κ2) is 7.39. The van der Waals surface area contributed by atoms with Crippen molar-refractivity contribution < 1.29 is 9.59 Å². The fourth-order valence-electron chi connectivity index (χ4n) is 2.26. The van der Waals surface area contributed by atoms with Crippen LogP contribution in [-0.2, 0) is 4.79 Å². The first-order valence-corrected chi connectivity index (χ1v) is 8.96. The molecule has 0 bridgehead atoms. The minimum atomic E-state index is -0.373. The number of nitrogens with one attached hydrogen (secondary N) is 1. The van der Waals surface area contributed by atoms with Crippen molar-refractivity contribution in [3.8, 4) is 0 Å². The van der Waals surface area contributed by atoms with Gasteiger partial charge in [0.25, 0.3) is 11.8 Å². The standard InChI is InChI=1S/C18H13ClN2O2S2/c1-11-4-2-3-5-14(11)16(22)20-21-17(23)15(25-18(21)24)10-12-6-8-13(19)9-7-12/h2-10H,1H3,(H,20,22)/b15-10-. The van der Waals surface area contributed by atoms with Gasteiger partial charge in [0.15, 0.2) is 4.32 Å². The van der Waals surface area contributed by atoms with Crippen molar-refractivity contribution in [3.05, 3.63) is 75.1 Å². The molecule has 1 heterocycles. The Labute approximate surface area is 159 Å². The Hall–Kier alpha value is -2.15. The second-order valence-electron chi connectivity index (χ2n) is 5.32. The molecule has 1 aliphatic rings. The molecule has 126 valence electrons. The van der Waals surface area contributed by atoms with E-state index in [9.17, 15) is 9.59 Å². The van der Waals surface area contributed by atoms with Gasteiger partial charge in [-0.3, -0.25) is 15.0 Å². The van der Waals surface area contributed by atoms with E-state index in [-0.39, 0.29) is 16.1 Å². The molecule has 1 saturated heterocycles. The molecular formula is C18H13ClN2O2S2. The Balaban J connectivity index is 1.79. The van der Waals surface area contributed by atoms with Crippen LogP contribution < -0.4 is 5.43 Å². The van der Waals surface area contributed by atoms with E-state index >= 15 is 0 Å². The van der Waals surface area contributed by atoms with E-state index in [0.717, 1.165) is 27.9 Å². The third-order valence-electron chi connectivity index (χ3n) is 3.56. The van der Waals surface area contributed by atoms with E-state index in [1.807, 2.05) is 19.1 Å². The number of hydrogen-bond donors (Lipinski definition) is 1. The summed E-state index contributed by atoms with van der Waals surface area (Å²) in [6, 6.07) is 14.3. The first-order chi connectivity index (χ1) is 12.0. The number of thiocarbonyl (C=S) groups is 1. The third kappa shape index (κ3) is 3.92. The van der Waals surface area contributed by atoms with Crippen LogP contribution in [0.4, 0.5) is 0 Å². The summed E-state index contributed by atoms with van der Waals surface area (Å²) >= 11 is 12.2. The lowest BCUT2D eigenvalue weighted by molar-refractivity contribution is -0.123. The molecule has 0 spiro atoms. The summed E-state index contributed by atoms with van der Waals surface area (Å²) in [4.78, 5) is 25.4. The molecule has 1 N–H and O–H groups in total. The molecule has 0 aliphatic carbocycles. The zero-order chi connectivity index (χ0) is 18.0. The van der Waals surface area contributed by atoms with Crippen molar-refractivity contribution in [1.82, 2.24) is 10.4 Å². The van der Waals surface area contributed by atoms with E-state index in [4.69, 9.17) is 23.8 Å². The third-order valence-corrected chi connectivity index (χ3v) is 5.12. The van der Waals surface area contributed by atoms with Gasteiger partial charge in [0, 0.05) is 10.6 Å². The summed E-state index contributed by atoms with van der Waals surface area (Å²) in [6.45, 7) is 1.83. The van der Waals surface area contributed by atoms with E-state index in [0.29, 0.717) is 15.5 Å². The van der Waals surface area contributed by atoms with Crippen LogP contribution >= 0.6 is 35.6 Å². The molecule has 0 aromatic heterocycles. The Morgan fingerprint density at radius 2 is 1.88 bits per heavy atom. The van der Waals surface area contributed by atoms with E-state index < -0.39 is 0 Å². The molecule has 4 nitrogen and oxygen atoms in total. The van der Waals surface area contributed by atoms with Gasteiger partial charge < -0.3 is 0 Å². The van der Waals surface area contributed by atoms with E-state index in [1.54, 1.807) is 42.5 Å². The number of benzene rings is 2. The molecule has 0 radical (unpaired) electrons. The highest BCUT2D eigenvalue weighted by molar-refractivity contribution is 8.26. The minimum Gasteiger partial charge on any atom is -0.267 e. The van der Waals surface area contributed by atoms with Crippen LogP contribution in [0.5, 0.6) is 0 Å². The lowest BCUT2D eigenvalue weighted by Crippen LogP contribution is -2.45. The quantitative estimate of drug-likeness (QED) is 0.632. The normalized spacial score (nSPS) is 15.8. The average molecular weight is 389 g/mol. The van der Waals surface area contributed by atoms with Crippen molar-refractivity contribution in [2.45, 2.75) is 6.92 Å². The van der Waals surface area contributed by atoms with Crippen molar-refractivity contribution in [2.24, 2.45) is 0 Å². The van der Waals surface area contributed by atoms with Crippen LogP contribution in [0.2, 0.25) is 5.02 Å². The molecule has 1 fully saturated rings. The van der Waals surface area contributed by atoms with Gasteiger partial charge in [-0.25, -0.2) is 0 Å². The number of nitrogens with zero attached hydrogens (tertiary/aromatic N) is 1. The number of aryl methyl sites for hydroxylation is 1. The first-order valence-electron chi connectivity index (χ1n) is 7.36. The predicted molar refractivity (Wildman–Crippen MR) is 105 cm³/mol. The van der Waals surface area contributed by atoms with Crippen LogP contribution in [0.15, 0.2) is 53.4 Å². The predicted octanol–water partition coefficient (Wildman–Crippen LogP) is 4.19. The minimum absolute atomic E-state index is 0.284. The number of halogens is 1. The highest BCUT2D eigenvalue weighted by atomic mass is 35.5. The topological polar surface area (TPSA) is 49.4 Å². The SMILES string of the molecule is Cc1ccccc1C(=O)NN1C(=O)/C(=C/c2ccc(Cl)cc2)SC1=S. The van der Waals surface area contributed by atoms with Crippen molar-refractivity contribution >= 4 is 57.8 Å². The molecule has 0 unspecified atom stereocenters. The fourth-order valence-corrected chi connectivity index (χ4v) is 3.57. The number of carbonyl (C=O) groups excluding carboxylic acids is 2. The summed E-state index contributed by atoms with van der Waals surface area (Å²) in [7, 11) is 0. The van der Waals surface area contributed by atoms with Gasteiger partial charge in [-0.1, -0.05) is 53.7 Å². The van der Waals surface area contributed by atoms with Gasteiger partial charge in [-0.15, -0.1) is 0 Å². The van der Waals surface area contributed by atoms with Gasteiger partial charge in [-0.05, 0) is 54.5 Å². The van der Waals surface area contributed by atoms with E-state index in [1.165, 1.54) is 0 Å². The summed E-state index contributed by atoms with van der Waals surface area (Å²) in [5, 5.41) is 1.73. The lowest BCUT2D eigenvalue weighted by Gasteiger charge is -2.16. The first kappa shape index (κ1) is 17.7. The van der Waals surface area contributed by atoms with Crippen LogP contribution in [0.1, 0.15) is 21.5 Å². The maximum Gasteiger partial charge on any atom is 0.285 e. The largest absolute Gasteiger partial charge is 0.285 e. The van der Waals surface area contributed by atoms with Crippen molar-refractivity contribution in [1.29, 1.82) is 0 Å². The van der Waals surface area contributed by atoms with Crippen LogP contribution in [0.25, 0.3) is 6.08 Å². The zero-order valence-corrected chi connectivity index (χ0v) is 15.5. The second-order valence-corrected chi connectivity index (χ2v) is 7.44. The molecular weight excluding hydrogens is 376 g/mol. The van der Waals surface area contributed by atoms with E-state index in [2.05, 4.69) is 5.43 Å². The monoisotopic (exact) mass is 388 g/mol. The van der Waals surface area contributed by atoms with Gasteiger partial charge in [-0.2, -0.15) is 5.01 Å². The molecule has 25 heavy (non-hydrogen) atoms. The van der Waals surface area contributed by atoms with Gasteiger partial charge in [0.1, 0.15) is 0 Å². The summed E-state index contributed by atoms with van der Waals surface area (Å²) < 4.78 is 0.284. The summed E-state index contributed by atoms with van der Waals surface area (Å²) in [5.74, 6) is -0.728. The Kier molecular flexibility index (Phi) is 5.22.